The molecule has 0 saturated carbocycles. The van der Waals surface area contributed by atoms with Gasteiger partial charge in [-0.3, -0.25) is 4.98 Å². The molecule has 0 aliphatic heterocycles. The topological polar surface area (TPSA) is 36.4 Å². The summed E-state index contributed by atoms with van der Waals surface area (Å²) >= 11 is 0. The van der Waals surface area contributed by atoms with E-state index in [1.54, 1.807) is 0 Å². The summed E-state index contributed by atoms with van der Waals surface area (Å²) in [4.78, 5) is 6.68. The van der Waals surface area contributed by atoms with E-state index in [0.717, 1.165) is 55.5 Å². The lowest BCUT2D eigenvalue weighted by Crippen LogP contribution is -2.34. The van der Waals surface area contributed by atoms with Gasteiger partial charge in [0, 0.05) is 17.8 Å². The van der Waals surface area contributed by atoms with Crippen molar-refractivity contribution in [2.24, 2.45) is 0 Å². The number of halogens is 1. The highest BCUT2D eigenvalue weighted by Crippen LogP contribution is 2.46. The summed E-state index contributed by atoms with van der Waals surface area (Å²) in [5.74, 6) is 0.103. The van der Waals surface area contributed by atoms with Crippen LogP contribution in [0.3, 0.4) is 0 Å². The fourth-order valence-corrected chi connectivity index (χ4v) is 4.19. The number of pyridine rings is 1. The number of fused-ring (bicyclic) bond motifs is 1. The second-order valence-corrected chi connectivity index (χ2v) is 7.67. The number of aromatic nitrogens is 1. The smallest absolute Gasteiger partial charge is 0.0968 e. The van der Waals surface area contributed by atoms with Crippen molar-refractivity contribution in [3.8, 4) is 0 Å². The average Bonchev–Trinajstić information content (AvgIpc) is 2.73. The molecule has 142 valence electrons. The molecule has 1 aliphatic rings. The van der Waals surface area contributed by atoms with Crippen molar-refractivity contribution in [1.82, 2.24) is 9.88 Å². The molecular weight excluding hydrogens is 344 g/mol. The maximum atomic E-state index is 12.0. The zero-order chi connectivity index (χ0) is 17.9. The minimum absolute atomic E-state index is 0. The van der Waals surface area contributed by atoms with E-state index < -0.39 is 5.60 Å². The van der Waals surface area contributed by atoms with Gasteiger partial charge in [0.25, 0.3) is 0 Å². The number of hydrogen-bond acceptors (Lipinski definition) is 3. The zero-order valence-electron chi connectivity index (χ0n) is 16.1. The Kier molecular flexibility index (Phi) is 7.22. The lowest BCUT2D eigenvalue weighted by molar-refractivity contribution is -0.00615. The SMILES string of the molecule is Cc1ccc([C@H]2CCCc3ccccc3[C@]2(O)CCCN(C)C)cn1.Cl. The minimum Gasteiger partial charge on any atom is -0.385 e. The molecule has 1 aromatic carbocycles. The standard InChI is InChI=1S/C22H30N2O.ClH/c1-17-12-13-19(16-23-17)21-11-6-9-18-8-4-5-10-20(18)22(21,25)14-7-15-24(2)3;/h4-5,8,10,12-13,16,21,25H,6-7,9,11,14-15H2,1-3H3;1H/t21-,22-;/m1./s1. The molecule has 3 nitrogen and oxygen atoms in total. The van der Waals surface area contributed by atoms with Gasteiger partial charge in [0.2, 0.25) is 0 Å². The lowest BCUT2D eigenvalue weighted by Gasteiger charge is -2.37. The summed E-state index contributed by atoms with van der Waals surface area (Å²) in [6.45, 7) is 3.00. The summed E-state index contributed by atoms with van der Waals surface area (Å²) in [6.07, 6.45) is 6.87. The Bertz CT molecular complexity index is 702. The van der Waals surface area contributed by atoms with E-state index in [1.807, 2.05) is 13.1 Å². The summed E-state index contributed by atoms with van der Waals surface area (Å²) in [7, 11) is 4.18. The fourth-order valence-electron chi connectivity index (χ4n) is 4.19. The van der Waals surface area contributed by atoms with Crippen molar-refractivity contribution < 1.29 is 5.11 Å². The van der Waals surface area contributed by atoms with Crippen LogP contribution in [0.5, 0.6) is 0 Å². The van der Waals surface area contributed by atoms with Crippen molar-refractivity contribution in [3.05, 3.63) is 65.0 Å². The molecule has 1 aromatic heterocycles. The first-order valence-electron chi connectivity index (χ1n) is 9.39. The Morgan fingerprint density at radius 2 is 1.96 bits per heavy atom. The molecular formula is C22H31ClN2O. The van der Waals surface area contributed by atoms with Gasteiger partial charge in [0.1, 0.15) is 0 Å². The molecule has 26 heavy (non-hydrogen) atoms. The summed E-state index contributed by atoms with van der Waals surface area (Å²) < 4.78 is 0. The van der Waals surface area contributed by atoms with Crippen LogP contribution in [0.15, 0.2) is 42.6 Å². The van der Waals surface area contributed by atoms with Crippen molar-refractivity contribution in [2.45, 2.75) is 50.5 Å². The van der Waals surface area contributed by atoms with Gasteiger partial charge in [-0.05, 0) is 82.4 Å². The van der Waals surface area contributed by atoms with Crippen molar-refractivity contribution >= 4 is 12.4 Å². The van der Waals surface area contributed by atoms with Gasteiger partial charge in [-0.25, -0.2) is 0 Å². The summed E-state index contributed by atoms with van der Waals surface area (Å²) in [6, 6.07) is 12.7. The number of aryl methyl sites for hydroxylation is 2. The van der Waals surface area contributed by atoms with E-state index >= 15 is 0 Å². The van der Waals surface area contributed by atoms with Crippen LogP contribution in [0.4, 0.5) is 0 Å². The monoisotopic (exact) mass is 374 g/mol. The Hall–Kier alpha value is -1.42. The normalized spacial score (nSPS) is 22.4. The van der Waals surface area contributed by atoms with Gasteiger partial charge in [-0.2, -0.15) is 0 Å². The van der Waals surface area contributed by atoms with Crippen LogP contribution in [-0.4, -0.2) is 35.6 Å². The van der Waals surface area contributed by atoms with Crippen molar-refractivity contribution in [1.29, 1.82) is 0 Å². The fraction of sp³-hybridized carbons (Fsp3) is 0.500. The predicted molar refractivity (Wildman–Crippen MR) is 110 cm³/mol. The van der Waals surface area contributed by atoms with E-state index in [0.29, 0.717) is 0 Å². The molecule has 2 aromatic rings. The van der Waals surface area contributed by atoms with Crippen LogP contribution >= 0.6 is 12.4 Å². The molecule has 0 radical (unpaired) electrons. The number of aliphatic hydroxyl groups is 1. The molecule has 1 aliphatic carbocycles. The highest BCUT2D eigenvalue weighted by Gasteiger charge is 2.41. The van der Waals surface area contributed by atoms with Crippen LogP contribution in [0.1, 0.15) is 54.0 Å². The zero-order valence-corrected chi connectivity index (χ0v) is 16.9. The molecule has 3 rings (SSSR count). The van der Waals surface area contributed by atoms with Crippen LogP contribution < -0.4 is 0 Å². The van der Waals surface area contributed by atoms with Crippen LogP contribution in [0.25, 0.3) is 0 Å². The van der Waals surface area contributed by atoms with E-state index in [-0.39, 0.29) is 18.3 Å². The first-order chi connectivity index (χ1) is 12.0. The van der Waals surface area contributed by atoms with Crippen LogP contribution in [0.2, 0.25) is 0 Å². The van der Waals surface area contributed by atoms with Crippen molar-refractivity contribution in [2.75, 3.05) is 20.6 Å². The van der Waals surface area contributed by atoms with Gasteiger partial charge in [0.15, 0.2) is 0 Å². The van der Waals surface area contributed by atoms with E-state index in [9.17, 15) is 5.11 Å². The average molecular weight is 375 g/mol. The van der Waals surface area contributed by atoms with Gasteiger partial charge >= 0.3 is 0 Å². The molecule has 0 bridgehead atoms. The first-order valence-corrected chi connectivity index (χ1v) is 9.39. The number of benzene rings is 1. The van der Waals surface area contributed by atoms with E-state index in [2.05, 4.69) is 60.4 Å². The quantitative estimate of drug-likeness (QED) is 0.785. The Balaban J connectivity index is 0.00000243. The minimum atomic E-state index is -0.819. The predicted octanol–water partition coefficient (Wildman–Crippen LogP) is 4.46. The van der Waals surface area contributed by atoms with Gasteiger partial charge < -0.3 is 10.0 Å². The van der Waals surface area contributed by atoms with Gasteiger partial charge in [-0.15, -0.1) is 12.4 Å². The first kappa shape index (κ1) is 20.9. The third-order valence-electron chi connectivity index (χ3n) is 5.50. The molecule has 0 amide bonds. The van der Waals surface area contributed by atoms with Crippen LogP contribution in [-0.2, 0) is 12.0 Å². The van der Waals surface area contributed by atoms with E-state index in [4.69, 9.17) is 0 Å². The molecule has 1 heterocycles. The Morgan fingerprint density at radius 3 is 2.65 bits per heavy atom. The molecule has 4 heteroatoms. The molecule has 0 saturated heterocycles. The van der Waals surface area contributed by atoms with Gasteiger partial charge in [-0.1, -0.05) is 30.3 Å². The summed E-state index contributed by atoms with van der Waals surface area (Å²) in [5.41, 5.74) is 3.79. The molecule has 1 N–H and O–H groups in total. The van der Waals surface area contributed by atoms with E-state index in [1.165, 1.54) is 5.56 Å². The number of rotatable bonds is 5. The molecule has 0 spiro atoms. The highest BCUT2D eigenvalue weighted by atomic mass is 35.5. The number of hydrogen-bond donors (Lipinski definition) is 1. The second-order valence-electron chi connectivity index (χ2n) is 7.67. The Labute approximate surface area is 163 Å². The third-order valence-corrected chi connectivity index (χ3v) is 5.50. The maximum absolute atomic E-state index is 12.0. The third kappa shape index (κ3) is 4.46. The van der Waals surface area contributed by atoms with Crippen molar-refractivity contribution in [3.63, 3.8) is 0 Å². The molecule has 0 fully saturated rings. The number of nitrogens with zero attached hydrogens (tertiary/aromatic N) is 2. The summed E-state index contributed by atoms with van der Waals surface area (Å²) in [5, 5.41) is 12.0. The maximum Gasteiger partial charge on any atom is 0.0968 e. The Morgan fingerprint density at radius 1 is 1.19 bits per heavy atom. The molecule has 0 unspecified atom stereocenters. The largest absolute Gasteiger partial charge is 0.385 e. The highest BCUT2D eigenvalue weighted by molar-refractivity contribution is 5.85. The second kappa shape index (κ2) is 8.98. The molecule has 2 atom stereocenters. The van der Waals surface area contributed by atoms with Gasteiger partial charge in [0.05, 0.1) is 5.60 Å². The van der Waals surface area contributed by atoms with Crippen LogP contribution in [0, 0.1) is 6.92 Å². The lowest BCUT2D eigenvalue weighted by atomic mass is 9.73.